The van der Waals surface area contributed by atoms with Crippen molar-refractivity contribution in [1.29, 1.82) is 0 Å². The van der Waals surface area contributed by atoms with Crippen molar-refractivity contribution in [2.45, 2.75) is 27.7 Å². The summed E-state index contributed by atoms with van der Waals surface area (Å²) in [5.41, 5.74) is 6.09. The van der Waals surface area contributed by atoms with Gasteiger partial charge in [0.15, 0.2) is 0 Å². The fraction of sp³-hybridized carbons (Fsp3) is 0.185. The highest BCUT2D eigenvalue weighted by Gasteiger charge is 2.23. The number of carbonyl (C=O) groups is 1. The zero-order chi connectivity index (χ0) is 23.5. The third kappa shape index (κ3) is 4.32. The van der Waals surface area contributed by atoms with Crippen LogP contribution in [0.5, 0.6) is 5.75 Å². The lowest BCUT2D eigenvalue weighted by atomic mass is 10.0. The monoisotopic (exact) mass is 441 g/mol. The molecule has 0 amide bonds. The number of benzene rings is 3. The second kappa shape index (κ2) is 9.20. The molecule has 0 aliphatic carbocycles. The van der Waals surface area contributed by atoms with Crippen LogP contribution >= 0.6 is 0 Å². The van der Waals surface area contributed by atoms with Crippen LogP contribution in [0.3, 0.4) is 0 Å². The molecule has 6 heteroatoms. The number of anilines is 2. The normalized spacial score (nSPS) is 10.8. The fourth-order valence-corrected chi connectivity index (χ4v) is 3.97. The first kappa shape index (κ1) is 22.1. The van der Waals surface area contributed by atoms with Gasteiger partial charge in [-0.2, -0.15) is 5.10 Å². The summed E-state index contributed by atoms with van der Waals surface area (Å²) < 4.78 is 7.75. The Morgan fingerprint density at radius 2 is 1.76 bits per heavy atom. The number of aryl methyl sites for hydroxylation is 3. The van der Waals surface area contributed by atoms with E-state index in [2.05, 4.69) is 5.32 Å². The highest BCUT2D eigenvalue weighted by molar-refractivity contribution is 5.96. The van der Waals surface area contributed by atoms with Gasteiger partial charge < -0.3 is 15.2 Å². The number of ether oxygens (including phenoxy) is 1. The Balaban J connectivity index is 1.99. The first-order valence-corrected chi connectivity index (χ1v) is 10.9. The highest BCUT2D eigenvalue weighted by atomic mass is 16.5. The van der Waals surface area contributed by atoms with Gasteiger partial charge in [0.05, 0.1) is 34.8 Å². The predicted octanol–water partition coefficient (Wildman–Crippen LogP) is 6.31. The van der Waals surface area contributed by atoms with Crippen LogP contribution in [0.2, 0.25) is 0 Å². The molecule has 0 spiro atoms. The number of aromatic carboxylic acids is 1. The molecule has 0 unspecified atom stereocenters. The zero-order valence-corrected chi connectivity index (χ0v) is 19.2. The summed E-state index contributed by atoms with van der Waals surface area (Å²) in [4.78, 5) is 12.0. The van der Waals surface area contributed by atoms with E-state index in [1.165, 1.54) is 0 Å². The molecular weight excluding hydrogens is 414 g/mol. The number of hydrogen-bond acceptors (Lipinski definition) is 4. The smallest absolute Gasteiger partial charge is 0.337 e. The molecule has 0 aliphatic heterocycles. The summed E-state index contributed by atoms with van der Waals surface area (Å²) in [6, 6.07) is 21.1. The van der Waals surface area contributed by atoms with E-state index in [1.54, 1.807) is 12.1 Å². The molecule has 0 aliphatic rings. The van der Waals surface area contributed by atoms with Crippen LogP contribution in [0.1, 0.15) is 34.1 Å². The molecule has 1 heterocycles. The SMILES string of the molecule is CCOc1ccccc1-c1c(C)nn(-c2ccccc2C)c1Nc1ccc(C)cc1C(=O)O. The molecule has 0 bridgehead atoms. The number of para-hydroxylation sites is 2. The molecule has 4 aromatic rings. The Bertz CT molecular complexity index is 1320. The van der Waals surface area contributed by atoms with Gasteiger partial charge in [-0.3, -0.25) is 0 Å². The quantitative estimate of drug-likeness (QED) is 0.352. The molecule has 2 N–H and O–H groups in total. The predicted molar refractivity (Wildman–Crippen MR) is 131 cm³/mol. The number of nitrogens with one attached hydrogen (secondary N) is 1. The van der Waals surface area contributed by atoms with E-state index in [-0.39, 0.29) is 5.56 Å². The van der Waals surface area contributed by atoms with Crippen LogP contribution in [-0.2, 0) is 0 Å². The molecule has 1 aromatic heterocycles. The van der Waals surface area contributed by atoms with Crippen molar-refractivity contribution in [3.8, 4) is 22.6 Å². The Kier molecular flexibility index (Phi) is 6.18. The fourth-order valence-electron chi connectivity index (χ4n) is 3.97. The van der Waals surface area contributed by atoms with Crippen LogP contribution in [0.15, 0.2) is 66.7 Å². The average molecular weight is 442 g/mol. The van der Waals surface area contributed by atoms with Gasteiger partial charge in [-0.1, -0.05) is 48.0 Å². The summed E-state index contributed by atoms with van der Waals surface area (Å²) >= 11 is 0. The molecule has 6 nitrogen and oxygen atoms in total. The number of nitrogens with zero attached hydrogens (tertiary/aromatic N) is 2. The highest BCUT2D eigenvalue weighted by Crippen LogP contribution is 2.40. The summed E-state index contributed by atoms with van der Waals surface area (Å²) in [5.74, 6) is 0.439. The van der Waals surface area contributed by atoms with Gasteiger partial charge in [0.1, 0.15) is 11.6 Å². The zero-order valence-electron chi connectivity index (χ0n) is 19.2. The minimum absolute atomic E-state index is 0.203. The number of hydrogen-bond donors (Lipinski definition) is 2. The number of carboxylic acid groups (broad SMARTS) is 1. The number of carboxylic acids is 1. The van der Waals surface area contributed by atoms with Crippen LogP contribution < -0.4 is 10.1 Å². The van der Waals surface area contributed by atoms with E-state index in [0.717, 1.165) is 39.4 Å². The third-order valence-electron chi connectivity index (χ3n) is 5.52. The molecule has 33 heavy (non-hydrogen) atoms. The Hall–Kier alpha value is -4.06. The first-order valence-electron chi connectivity index (χ1n) is 10.9. The van der Waals surface area contributed by atoms with E-state index in [0.29, 0.717) is 18.1 Å². The Morgan fingerprint density at radius 3 is 2.48 bits per heavy atom. The van der Waals surface area contributed by atoms with Crippen molar-refractivity contribution in [1.82, 2.24) is 9.78 Å². The summed E-state index contributed by atoms with van der Waals surface area (Å²) in [6.45, 7) is 8.34. The minimum atomic E-state index is -0.990. The first-order chi connectivity index (χ1) is 15.9. The molecular formula is C27H27N3O3. The second-order valence-electron chi connectivity index (χ2n) is 7.92. The topological polar surface area (TPSA) is 76.4 Å². The molecule has 0 saturated heterocycles. The summed E-state index contributed by atoms with van der Waals surface area (Å²) in [7, 11) is 0. The largest absolute Gasteiger partial charge is 0.493 e. The molecule has 0 fully saturated rings. The summed E-state index contributed by atoms with van der Waals surface area (Å²) in [6.07, 6.45) is 0. The minimum Gasteiger partial charge on any atom is -0.493 e. The molecule has 0 atom stereocenters. The maximum atomic E-state index is 12.0. The van der Waals surface area contributed by atoms with E-state index in [4.69, 9.17) is 9.84 Å². The van der Waals surface area contributed by atoms with Gasteiger partial charge in [0.2, 0.25) is 0 Å². The lowest BCUT2D eigenvalue weighted by Crippen LogP contribution is -2.08. The van der Waals surface area contributed by atoms with Crippen molar-refractivity contribution in [3.63, 3.8) is 0 Å². The van der Waals surface area contributed by atoms with E-state index in [9.17, 15) is 9.90 Å². The maximum Gasteiger partial charge on any atom is 0.337 e. The average Bonchev–Trinajstić information content (AvgIpc) is 3.11. The van der Waals surface area contributed by atoms with E-state index < -0.39 is 5.97 Å². The standard InChI is InChI=1S/C27H27N3O3/c1-5-33-24-13-9-7-11-20(24)25-19(4)29-30(23-12-8-6-10-18(23)3)26(25)28-22-15-14-17(2)16-21(22)27(31)32/h6-16,28H,5H2,1-4H3,(H,31,32). The third-order valence-corrected chi connectivity index (χ3v) is 5.52. The van der Waals surface area contributed by atoms with E-state index in [1.807, 2.05) is 87.0 Å². The van der Waals surface area contributed by atoms with Crippen LogP contribution in [0, 0.1) is 20.8 Å². The molecule has 4 rings (SSSR count). The Labute approximate surface area is 193 Å². The van der Waals surface area contributed by atoms with Gasteiger partial charge in [-0.15, -0.1) is 0 Å². The van der Waals surface area contributed by atoms with Gasteiger partial charge in [0.25, 0.3) is 0 Å². The molecule has 0 saturated carbocycles. The van der Waals surface area contributed by atoms with Gasteiger partial charge in [-0.05, 0) is 57.5 Å². The molecule has 3 aromatic carbocycles. The Morgan fingerprint density at radius 1 is 1.03 bits per heavy atom. The van der Waals surface area contributed by atoms with Crippen molar-refractivity contribution in [2.75, 3.05) is 11.9 Å². The lowest BCUT2D eigenvalue weighted by molar-refractivity contribution is 0.0698. The van der Waals surface area contributed by atoms with Crippen LogP contribution in [-0.4, -0.2) is 27.5 Å². The van der Waals surface area contributed by atoms with Crippen molar-refractivity contribution in [3.05, 3.63) is 89.1 Å². The van der Waals surface area contributed by atoms with Crippen molar-refractivity contribution < 1.29 is 14.6 Å². The van der Waals surface area contributed by atoms with Crippen molar-refractivity contribution in [2.24, 2.45) is 0 Å². The van der Waals surface area contributed by atoms with Crippen LogP contribution in [0.4, 0.5) is 11.5 Å². The van der Waals surface area contributed by atoms with Gasteiger partial charge >= 0.3 is 5.97 Å². The summed E-state index contributed by atoms with van der Waals surface area (Å²) in [5, 5.41) is 18.1. The molecule has 0 radical (unpaired) electrons. The maximum absolute atomic E-state index is 12.0. The van der Waals surface area contributed by atoms with Gasteiger partial charge in [-0.25, -0.2) is 9.48 Å². The van der Waals surface area contributed by atoms with Crippen molar-refractivity contribution >= 4 is 17.5 Å². The molecule has 168 valence electrons. The number of rotatable bonds is 7. The van der Waals surface area contributed by atoms with Crippen LogP contribution in [0.25, 0.3) is 16.8 Å². The van der Waals surface area contributed by atoms with E-state index >= 15 is 0 Å². The lowest BCUT2D eigenvalue weighted by Gasteiger charge is -2.17. The van der Waals surface area contributed by atoms with Gasteiger partial charge in [0, 0.05) is 5.56 Å². The second-order valence-corrected chi connectivity index (χ2v) is 7.92. The number of aromatic nitrogens is 2.